The number of nitrogens with one attached hydrogen (secondary N) is 1. The third-order valence-corrected chi connectivity index (χ3v) is 4.69. The number of halogens is 4. The lowest BCUT2D eigenvalue weighted by Crippen LogP contribution is -2.22. The highest BCUT2D eigenvalue weighted by Crippen LogP contribution is 2.36. The number of para-hydroxylation sites is 1. The second kappa shape index (κ2) is 8.78. The first-order valence-corrected chi connectivity index (χ1v) is 9.63. The van der Waals surface area contributed by atoms with Gasteiger partial charge in [0.05, 0.1) is 16.8 Å². The number of amides is 1. The molecule has 168 valence electrons. The summed E-state index contributed by atoms with van der Waals surface area (Å²) in [5, 5.41) is 2.18. The largest absolute Gasteiger partial charge is 0.484 e. The predicted octanol–water partition coefficient (Wildman–Crippen LogP) is 5.48. The van der Waals surface area contributed by atoms with Crippen LogP contribution in [-0.2, 0) is 11.0 Å². The zero-order valence-electron chi connectivity index (χ0n) is 16.8. The smallest absolute Gasteiger partial charge is 0.418 e. The zero-order valence-corrected chi connectivity index (χ0v) is 16.8. The van der Waals surface area contributed by atoms with E-state index in [9.17, 15) is 27.2 Å². The highest BCUT2D eigenvalue weighted by atomic mass is 19.4. The van der Waals surface area contributed by atoms with Gasteiger partial charge in [0.1, 0.15) is 17.3 Å². The maximum absolute atomic E-state index is 13.1. The monoisotopic (exact) mass is 457 g/mol. The lowest BCUT2D eigenvalue weighted by atomic mass is 10.1. The van der Waals surface area contributed by atoms with Gasteiger partial charge >= 0.3 is 6.18 Å². The van der Waals surface area contributed by atoms with E-state index >= 15 is 0 Å². The van der Waals surface area contributed by atoms with Gasteiger partial charge in [0, 0.05) is 6.07 Å². The van der Waals surface area contributed by atoms with Gasteiger partial charge in [-0.05, 0) is 48.0 Å². The first-order valence-electron chi connectivity index (χ1n) is 9.63. The van der Waals surface area contributed by atoms with Crippen LogP contribution in [0.3, 0.4) is 0 Å². The number of fused-ring (bicyclic) bond motifs is 1. The molecular weight excluding hydrogens is 442 g/mol. The molecular formula is C24H15F4NO4. The van der Waals surface area contributed by atoms with E-state index in [2.05, 4.69) is 5.32 Å². The molecule has 5 nitrogen and oxygen atoms in total. The Bertz CT molecular complexity index is 1250. The lowest BCUT2D eigenvalue weighted by molar-refractivity contribution is -0.137. The molecule has 0 bridgehead atoms. The standard InChI is InChI=1S/C24H15F4NO4/c25-15-7-5-14(6-8-15)11-21-23(31)17-10-9-16(12-20(17)33-21)32-13-22(30)29-19-4-2-1-3-18(19)24(26,27)28/h1-12H,13H2,(H,29,30). The molecule has 0 radical (unpaired) electrons. The van der Waals surface area contributed by atoms with Crippen molar-refractivity contribution < 1.29 is 36.6 Å². The van der Waals surface area contributed by atoms with Gasteiger partial charge in [0.25, 0.3) is 5.91 Å². The van der Waals surface area contributed by atoms with E-state index in [1.165, 1.54) is 60.7 Å². The van der Waals surface area contributed by atoms with Gasteiger partial charge < -0.3 is 14.8 Å². The fourth-order valence-electron chi connectivity index (χ4n) is 3.14. The summed E-state index contributed by atoms with van der Waals surface area (Å²) in [5.41, 5.74) is -0.501. The van der Waals surface area contributed by atoms with Gasteiger partial charge in [-0.25, -0.2) is 4.39 Å². The summed E-state index contributed by atoms with van der Waals surface area (Å²) in [4.78, 5) is 24.6. The average Bonchev–Trinajstić information content (AvgIpc) is 3.08. The van der Waals surface area contributed by atoms with Gasteiger partial charge in [-0.15, -0.1) is 0 Å². The van der Waals surface area contributed by atoms with E-state index in [1.54, 1.807) is 0 Å². The molecule has 3 aromatic rings. The summed E-state index contributed by atoms with van der Waals surface area (Å²) in [5.74, 6) is -1.15. The first kappa shape index (κ1) is 22.1. The number of ether oxygens (including phenoxy) is 2. The van der Waals surface area contributed by atoms with Crippen molar-refractivity contribution in [1.29, 1.82) is 0 Å². The third kappa shape index (κ3) is 5.03. The van der Waals surface area contributed by atoms with Gasteiger partial charge in [-0.2, -0.15) is 13.2 Å². The van der Waals surface area contributed by atoms with E-state index < -0.39 is 30.1 Å². The number of rotatable bonds is 5. The van der Waals surface area contributed by atoms with Crippen LogP contribution in [0.1, 0.15) is 21.5 Å². The number of alkyl halides is 3. The number of anilines is 1. The maximum Gasteiger partial charge on any atom is 0.418 e. The molecule has 0 saturated heterocycles. The Morgan fingerprint density at radius 3 is 2.48 bits per heavy atom. The molecule has 0 saturated carbocycles. The number of benzene rings is 3. The van der Waals surface area contributed by atoms with Crippen molar-refractivity contribution >= 4 is 23.5 Å². The minimum Gasteiger partial charge on any atom is -0.484 e. The van der Waals surface area contributed by atoms with Crippen molar-refractivity contribution in [3.05, 3.63) is 95.0 Å². The summed E-state index contributed by atoms with van der Waals surface area (Å²) < 4.78 is 63.1. The van der Waals surface area contributed by atoms with E-state index in [1.807, 2.05) is 0 Å². The Morgan fingerprint density at radius 2 is 1.76 bits per heavy atom. The Kier molecular flexibility index (Phi) is 5.87. The molecule has 4 rings (SSSR count). The lowest BCUT2D eigenvalue weighted by Gasteiger charge is -2.14. The van der Waals surface area contributed by atoms with Crippen LogP contribution >= 0.6 is 0 Å². The summed E-state index contributed by atoms with van der Waals surface area (Å²) in [7, 11) is 0. The topological polar surface area (TPSA) is 64.6 Å². The van der Waals surface area contributed by atoms with Crippen molar-refractivity contribution in [3.8, 4) is 11.5 Å². The van der Waals surface area contributed by atoms with Crippen molar-refractivity contribution in [2.75, 3.05) is 11.9 Å². The first-order chi connectivity index (χ1) is 15.7. The van der Waals surface area contributed by atoms with Crippen molar-refractivity contribution in [2.45, 2.75) is 6.18 Å². The Balaban J connectivity index is 1.42. The molecule has 9 heteroatoms. The molecule has 0 aliphatic carbocycles. The molecule has 3 aromatic carbocycles. The van der Waals surface area contributed by atoms with E-state index in [4.69, 9.17) is 9.47 Å². The average molecular weight is 457 g/mol. The van der Waals surface area contributed by atoms with E-state index in [0.717, 1.165) is 12.1 Å². The molecule has 0 spiro atoms. The summed E-state index contributed by atoms with van der Waals surface area (Å²) in [6, 6.07) is 14.4. The van der Waals surface area contributed by atoms with E-state index in [-0.39, 0.29) is 34.3 Å². The van der Waals surface area contributed by atoms with Crippen LogP contribution in [0.25, 0.3) is 6.08 Å². The highest BCUT2D eigenvalue weighted by Gasteiger charge is 2.33. The molecule has 1 aliphatic rings. The van der Waals surface area contributed by atoms with Gasteiger partial charge in [-0.1, -0.05) is 24.3 Å². The molecule has 0 atom stereocenters. The number of Topliss-reactive ketones (excluding diaryl/α,β-unsaturated/α-hetero) is 1. The minimum atomic E-state index is -4.62. The van der Waals surface area contributed by atoms with Crippen LogP contribution in [-0.4, -0.2) is 18.3 Å². The van der Waals surface area contributed by atoms with Gasteiger partial charge in [0.15, 0.2) is 12.4 Å². The van der Waals surface area contributed by atoms with E-state index in [0.29, 0.717) is 5.56 Å². The number of ketones is 1. The SMILES string of the molecule is O=C(COc1ccc2c(c1)OC(=Cc1ccc(F)cc1)C2=O)Nc1ccccc1C(F)(F)F. The summed E-state index contributed by atoms with van der Waals surface area (Å²) >= 11 is 0. The van der Waals surface area contributed by atoms with Crippen LogP contribution in [0.15, 0.2) is 72.5 Å². The third-order valence-electron chi connectivity index (χ3n) is 4.69. The number of hydrogen-bond acceptors (Lipinski definition) is 4. The van der Waals surface area contributed by atoms with Crippen LogP contribution in [0.4, 0.5) is 23.2 Å². The Morgan fingerprint density at radius 1 is 1.03 bits per heavy atom. The quantitative estimate of drug-likeness (QED) is 0.407. The maximum atomic E-state index is 13.1. The fourth-order valence-corrected chi connectivity index (χ4v) is 3.14. The molecule has 1 heterocycles. The molecule has 0 fully saturated rings. The Hall–Kier alpha value is -4.14. The van der Waals surface area contributed by atoms with Crippen LogP contribution < -0.4 is 14.8 Å². The number of carbonyl (C=O) groups is 2. The summed E-state index contributed by atoms with van der Waals surface area (Å²) in [6.07, 6.45) is -3.15. The molecule has 1 aliphatic heterocycles. The van der Waals surface area contributed by atoms with Crippen LogP contribution in [0.5, 0.6) is 11.5 Å². The normalized spacial score (nSPS) is 14.1. The van der Waals surface area contributed by atoms with Crippen molar-refractivity contribution in [3.63, 3.8) is 0 Å². The molecule has 0 aromatic heterocycles. The Labute approximate surface area is 185 Å². The van der Waals surface area contributed by atoms with Crippen LogP contribution in [0, 0.1) is 5.82 Å². The highest BCUT2D eigenvalue weighted by molar-refractivity contribution is 6.14. The number of allylic oxidation sites excluding steroid dienone is 1. The fraction of sp³-hybridized carbons (Fsp3) is 0.0833. The number of hydrogen-bond donors (Lipinski definition) is 1. The summed E-state index contributed by atoms with van der Waals surface area (Å²) in [6.45, 7) is -0.558. The second-order valence-corrected chi connectivity index (χ2v) is 7.03. The molecule has 33 heavy (non-hydrogen) atoms. The van der Waals surface area contributed by atoms with Crippen molar-refractivity contribution in [2.24, 2.45) is 0 Å². The van der Waals surface area contributed by atoms with Crippen molar-refractivity contribution in [1.82, 2.24) is 0 Å². The predicted molar refractivity (Wildman–Crippen MR) is 111 cm³/mol. The zero-order chi connectivity index (χ0) is 23.6. The molecule has 0 unspecified atom stereocenters. The van der Waals surface area contributed by atoms with Gasteiger partial charge in [0.2, 0.25) is 5.78 Å². The minimum absolute atomic E-state index is 0.0373. The van der Waals surface area contributed by atoms with Gasteiger partial charge in [-0.3, -0.25) is 9.59 Å². The number of carbonyl (C=O) groups excluding carboxylic acids is 2. The molecule has 1 N–H and O–H groups in total. The second-order valence-electron chi connectivity index (χ2n) is 7.03. The molecule has 1 amide bonds. The van der Waals surface area contributed by atoms with Crippen LogP contribution in [0.2, 0.25) is 0 Å².